The van der Waals surface area contributed by atoms with Gasteiger partial charge in [0.05, 0.1) is 37.5 Å². The van der Waals surface area contributed by atoms with Crippen LogP contribution >= 0.6 is 0 Å². The second kappa shape index (κ2) is 27.5. The average molecular weight is 990 g/mol. The van der Waals surface area contributed by atoms with Crippen LogP contribution in [0.3, 0.4) is 0 Å². The Bertz CT molecular complexity index is 1720. The standard InChI is InChI=1S/C44H75N7O18/c1-21(46)39(60)51-29-31(55)28(47)22(2)62-41(29)67-36-26(19-52)65-42(33(57)32(36)56)69-38-30(54)23(3)63-43(35(38)59)68-37-27(20-53)66-44(34(37)58)64-25-11-9-24(10-12-25)40(61)50-18-8-17-49-16-7-6-15-48-14-5-4-13-45/h9-12,21-22,26-38,41-44,48-49,52-59H,3-8,13-20,45-47H2,1-2H3,(H,50,61)(H,51,60). The lowest BCUT2D eigenvalue weighted by Crippen LogP contribution is -2.69. The fourth-order valence-electron chi connectivity index (χ4n) is 8.10. The fraction of sp³-hybridized carbons (Fsp3) is 0.773. The van der Waals surface area contributed by atoms with E-state index in [0.717, 1.165) is 58.3 Å². The van der Waals surface area contributed by atoms with Crippen molar-refractivity contribution in [1.82, 2.24) is 21.3 Å². The lowest BCUT2D eigenvalue weighted by atomic mass is 9.94. The van der Waals surface area contributed by atoms with Gasteiger partial charge in [-0.25, -0.2) is 0 Å². The zero-order valence-electron chi connectivity index (χ0n) is 39.1. The molecule has 1 aromatic rings. The normalized spacial score (nSPS) is 36.4. The Labute approximate surface area is 400 Å². The van der Waals surface area contributed by atoms with E-state index < -0.39 is 136 Å². The molecule has 0 spiro atoms. The Kier molecular flexibility index (Phi) is 22.6. The van der Waals surface area contributed by atoms with Gasteiger partial charge in [0.1, 0.15) is 78.6 Å². The minimum absolute atomic E-state index is 0.208. The molecule has 25 nitrogen and oxygen atoms in total. The molecule has 0 aromatic heterocycles. The number of unbranched alkanes of at least 4 members (excludes halogenated alkanes) is 2. The Hall–Kier alpha value is -3.26. The maximum atomic E-state index is 12.8. The number of aliphatic hydroxyl groups excluding tert-OH is 8. The molecule has 394 valence electrons. The van der Waals surface area contributed by atoms with E-state index in [1.54, 1.807) is 0 Å². The third kappa shape index (κ3) is 15.1. The highest BCUT2D eigenvalue weighted by molar-refractivity contribution is 5.94. The third-order valence-corrected chi connectivity index (χ3v) is 12.3. The molecule has 4 aliphatic rings. The highest BCUT2D eigenvalue weighted by Gasteiger charge is 2.55. The molecule has 69 heavy (non-hydrogen) atoms. The summed E-state index contributed by atoms with van der Waals surface area (Å²) in [6, 6.07) is 2.80. The second-order valence-electron chi connectivity index (χ2n) is 17.7. The first kappa shape index (κ1) is 56.7. The molecule has 0 radical (unpaired) electrons. The maximum absolute atomic E-state index is 12.8. The summed E-state index contributed by atoms with van der Waals surface area (Å²) in [5.41, 5.74) is 17.6. The van der Waals surface area contributed by atoms with Gasteiger partial charge < -0.3 is 117 Å². The van der Waals surface area contributed by atoms with Crippen LogP contribution < -0.4 is 43.2 Å². The molecule has 1 aromatic carbocycles. The molecular weight excluding hydrogens is 915 g/mol. The molecule has 4 heterocycles. The number of rotatable bonds is 26. The van der Waals surface area contributed by atoms with Gasteiger partial charge >= 0.3 is 0 Å². The van der Waals surface area contributed by atoms with Crippen LogP contribution in [-0.4, -0.2) is 222 Å². The quantitative estimate of drug-likeness (QED) is 0.0385. The van der Waals surface area contributed by atoms with Crippen molar-refractivity contribution in [3.05, 3.63) is 42.2 Å². The number of carbonyl (C=O) groups is 2. The number of hydrogen-bond donors (Lipinski definition) is 15. The van der Waals surface area contributed by atoms with E-state index in [9.17, 15) is 50.4 Å². The molecule has 19 atom stereocenters. The minimum Gasteiger partial charge on any atom is -0.464 e. The van der Waals surface area contributed by atoms with Crippen LogP contribution in [0.2, 0.25) is 0 Å². The van der Waals surface area contributed by atoms with Crippen molar-refractivity contribution < 1.29 is 88.3 Å². The summed E-state index contributed by atoms with van der Waals surface area (Å²) in [5, 5.41) is 99.8. The number of ether oxygens (including phenoxy) is 8. The van der Waals surface area contributed by atoms with Crippen molar-refractivity contribution >= 4 is 11.8 Å². The van der Waals surface area contributed by atoms with Gasteiger partial charge in [-0.3, -0.25) is 9.59 Å². The van der Waals surface area contributed by atoms with Gasteiger partial charge in [-0.05, 0) is 103 Å². The predicted octanol–water partition coefficient (Wildman–Crippen LogP) is -5.59. The van der Waals surface area contributed by atoms with Gasteiger partial charge in [0.2, 0.25) is 18.5 Å². The van der Waals surface area contributed by atoms with E-state index in [4.69, 9.17) is 55.1 Å². The van der Waals surface area contributed by atoms with Crippen LogP contribution in [-0.2, 0) is 38.0 Å². The van der Waals surface area contributed by atoms with Crippen molar-refractivity contribution in [1.29, 1.82) is 0 Å². The molecule has 25 heteroatoms. The van der Waals surface area contributed by atoms with Gasteiger partial charge in [0.25, 0.3) is 5.91 Å². The summed E-state index contributed by atoms with van der Waals surface area (Å²) in [7, 11) is 0. The van der Waals surface area contributed by atoms with Gasteiger partial charge in [0.15, 0.2) is 12.6 Å². The highest BCUT2D eigenvalue weighted by Crippen LogP contribution is 2.35. The lowest BCUT2D eigenvalue weighted by Gasteiger charge is -2.48. The Balaban J connectivity index is 1.11. The molecule has 18 N–H and O–H groups in total. The van der Waals surface area contributed by atoms with Crippen LogP contribution in [0.25, 0.3) is 0 Å². The Morgan fingerprint density at radius 2 is 1.26 bits per heavy atom. The number of nitrogens with two attached hydrogens (primary N) is 3. The van der Waals surface area contributed by atoms with Crippen molar-refractivity contribution in [2.75, 3.05) is 52.5 Å². The summed E-state index contributed by atoms with van der Waals surface area (Å²) in [4.78, 5) is 25.3. The van der Waals surface area contributed by atoms with E-state index in [1.807, 2.05) is 0 Å². The number of benzene rings is 1. The number of amides is 2. The van der Waals surface area contributed by atoms with E-state index in [0.29, 0.717) is 18.7 Å². The van der Waals surface area contributed by atoms with Crippen LogP contribution in [0.1, 0.15) is 56.3 Å². The van der Waals surface area contributed by atoms with Gasteiger partial charge in [-0.2, -0.15) is 0 Å². The number of carbonyl (C=O) groups excluding carboxylic acids is 2. The number of nitrogens with one attached hydrogen (secondary N) is 4. The predicted molar refractivity (Wildman–Crippen MR) is 241 cm³/mol. The molecule has 2 amide bonds. The average Bonchev–Trinajstić information content (AvgIpc) is 3.63. The van der Waals surface area contributed by atoms with E-state index in [-0.39, 0.29) is 17.4 Å². The van der Waals surface area contributed by atoms with Crippen molar-refractivity contribution in [3.8, 4) is 5.75 Å². The van der Waals surface area contributed by atoms with Crippen LogP contribution in [0, 0.1) is 0 Å². The lowest BCUT2D eigenvalue weighted by molar-refractivity contribution is -0.362. The molecule has 5 rings (SSSR count). The third-order valence-electron chi connectivity index (χ3n) is 12.3. The second-order valence-corrected chi connectivity index (χ2v) is 17.7. The van der Waals surface area contributed by atoms with Crippen LogP contribution in [0.15, 0.2) is 36.6 Å². The van der Waals surface area contributed by atoms with Gasteiger partial charge in [0, 0.05) is 12.1 Å². The first-order valence-electron chi connectivity index (χ1n) is 23.6. The van der Waals surface area contributed by atoms with Crippen LogP contribution in [0.4, 0.5) is 0 Å². The summed E-state index contributed by atoms with van der Waals surface area (Å²) in [6.07, 6.45) is -20.4. The maximum Gasteiger partial charge on any atom is 0.251 e. The number of hydrogen-bond acceptors (Lipinski definition) is 23. The topological polar surface area (TPSA) is 396 Å². The smallest absolute Gasteiger partial charge is 0.251 e. The molecule has 19 unspecified atom stereocenters. The highest BCUT2D eigenvalue weighted by atomic mass is 16.8. The fourth-order valence-corrected chi connectivity index (χ4v) is 8.10. The molecule has 0 bridgehead atoms. The molecule has 4 saturated heterocycles. The molecule has 4 fully saturated rings. The summed E-state index contributed by atoms with van der Waals surface area (Å²) in [6.45, 7) is 9.86. The zero-order valence-corrected chi connectivity index (χ0v) is 39.1. The van der Waals surface area contributed by atoms with Crippen molar-refractivity contribution in [2.45, 2.75) is 162 Å². The van der Waals surface area contributed by atoms with Gasteiger partial charge in [-0.1, -0.05) is 6.58 Å². The van der Waals surface area contributed by atoms with Gasteiger partial charge in [-0.15, -0.1) is 0 Å². The zero-order chi connectivity index (χ0) is 50.4. The van der Waals surface area contributed by atoms with Crippen molar-refractivity contribution in [3.63, 3.8) is 0 Å². The summed E-state index contributed by atoms with van der Waals surface area (Å²) < 4.78 is 46.4. The first-order chi connectivity index (χ1) is 33.0. The minimum atomic E-state index is -1.99. The molecular formula is C44H75N7O18. The molecule has 0 aliphatic carbocycles. The van der Waals surface area contributed by atoms with Crippen molar-refractivity contribution in [2.24, 2.45) is 17.2 Å². The van der Waals surface area contributed by atoms with E-state index >= 15 is 0 Å². The SMILES string of the molecule is C=C1OC(OC2C(CO)OC(Oc3ccc(C(=O)NCCCNCCCCNCCCCN)cc3)C2O)C(O)C(OC2OC(CO)C(OC3OC(C)C(N)C(O)C3NC(=O)C(C)N)C(O)C2O)C1O. The number of aliphatic hydroxyl groups is 8. The Morgan fingerprint density at radius 3 is 1.87 bits per heavy atom. The molecule has 0 saturated carbocycles. The molecule has 4 aliphatic heterocycles. The summed E-state index contributed by atoms with van der Waals surface area (Å²) in [5.74, 6) is -1.14. The Morgan fingerprint density at radius 1 is 0.710 bits per heavy atom. The summed E-state index contributed by atoms with van der Waals surface area (Å²) >= 11 is 0. The largest absolute Gasteiger partial charge is 0.464 e. The van der Waals surface area contributed by atoms with E-state index in [1.165, 1.54) is 38.1 Å². The van der Waals surface area contributed by atoms with E-state index in [2.05, 4.69) is 27.8 Å². The van der Waals surface area contributed by atoms with Crippen LogP contribution in [0.5, 0.6) is 5.75 Å². The monoisotopic (exact) mass is 990 g/mol. The first-order valence-corrected chi connectivity index (χ1v) is 23.6.